The summed E-state index contributed by atoms with van der Waals surface area (Å²) in [5.74, 6) is 2.64. The highest BCUT2D eigenvalue weighted by molar-refractivity contribution is 6.07. The van der Waals surface area contributed by atoms with E-state index in [1.54, 1.807) is 11.1 Å². The molecule has 0 saturated heterocycles. The Bertz CT molecular complexity index is 2050. The molecule has 11 nitrogen and oxygen atoms in total. The van der Waals surface area contributed by atoms with E-state index in [0.717, 1.165) is 80.6 Å². The second-order valence-electron chi connectivity index (χ2n) is 13.9. The van der Waals surface area contributed by atoms with Crippen LogP contribution in [0.25, 0.3) is 44.2 Å². The molecule has 268 valence electrons. The predicted octanol–water partition coefficient (Wildman–Crippen LogP) is 7.10. The lowest BCUT2D eigenvalue weighted by molar-refractivity contribution is -0.135. The minimum absolute atomic E-state index is 0.00191. The first-order valence-corrected chi connectivity index (χ1v) is 18.2. The molecule has 1 aliphatic heterocycles. The monoisotopic (exact) mass is 691 g/mol. The Balaban J connectivity index is 1.24. The number of fused-ring (bicyclic) bond motifs is 6. The van der Waals surface area contributed by atoms with Gasteiger partial charge in [0.25, 0.3) is 0 Å². The minimum atomic E-state index is -0.155. The SMILES string of the molecule is CCC(C)CC(=O)N(Cc1nc2ccc3cc4c(cc3c2[nH]1)OCc1cc(-c2cnc(CN(C(=O)CNC=O)[C@@H](C)CC)[nH]2)ccc1-4)[C@@H](C)CC. The van der Waals surface area contributed by atoms with Gasteiger partial charge in [0.1, 0.15) is 24.0 Å². The molecule has 11 heteroatoms. The number of ether oxygens (including phenoxy) is 1. The van der Waals surface area contributed by atoms with Gasteiger partial charge in [-0.05, 0) is 78.9 Å². The predicted molar refractivity (Wildman–Crippen MR) is 200 cm³/mol. The smallest absolute Gasteiger partial charge is 0.242 e. The molecule has 3 amide bonds. The number of rotatable bonds is 15. The average molecular weight is 692 g/mol. The number of carbonyl (C=O) groups excluding carboxylic acids is 3. The Morgan fingerprint density at radius 2 is 1.65 bits per heavy atom. The molecule has 0 radical (unpaired) electrons. The van der Waals surface area contributed by atoms with Crippen LogP contribution in [0.15, 0.2) is 48.7 Å². The number of H-pyrrole nitrogens is 2. The van der Waals surface area contributed by atoms with Gasteiger partial charge in [-0.3, -0.25) is 14.4 Å². The van der Waals surface area contributed by atoms with E-state index in [2.05, 4.69) is 84.4 Å². The van der Waals surface area contributed by atoms with Crippen LogP contribution in [0.1, 0.15) is 84.4 Å². The van der Waals surface area contributed by atoms with E-state index in [4.69, 9.17) is 9.72 Å². The fourth-order valence-corrected chi connectivity index (χ4v) is 6.71. The van der Waals surface area contributed by atoms with Crippen LogP contribution in [0.4, 0.5) is 0 Å². The molecular weight excluding hydrogens is 642 g/mol. The first kappa shape index (κ1) is 35.6. The molecule has 0 saturated carbocycles. The Morgan fingerprint density at radius 3 is 2.37 bits per heavy atom. The van der Waals surface area contributed by atoms with Gasteiger partial charge in [-0.25, -0.2) is 9.97 Å². The first-order chi connectivity index (χ1) is 24.6. The zero-order chi connectivity index (χ0) is 36.2. The number of hydrogen-bond donors (Lipinski definition) is 3. The summed E-state index contributed by atoms with van der Waals surface area (Å²) in [6, 6.07) is 14.9. The molecule has 6 rings (SSSR count). The van der Waals surface area contributed by atoms with E-state index >= 15 is 0 Å². The number of nitrogens with zero attached hydrogens (tertiary/aromatic N) is 4. The number of benzene rings is 3. The first-order valence-electron chi connectivity index (χ1n) is 18.2. The third-order valence-corrected chi connectivity index (χ3v) is 10.4. The summed E-state index contributed by atoms with van der Waals surface area (Å²) in [6.07, 6.45) is 5.51. The number of nitrogens with one attached hydrogen (secondary N) is 3. The lowest BCUT2D eigenvalue weighted by atomic mass is 9.92. The second kappa shape index (κ2) is 15.4. The Kier molecular flexibility index (Phi) is 10.7. The third kappa shape index (κ3) is 7.48. The van der Waals surface area contributed by atoms with Gasteiger partial charge in [0.05, 0.1) is 42.6 Å². The van der Waals surface area contributed by atoms with Gasteiger partial charge >= 0.3 is 0 Å². The molecule has 3 N–H and O–H groups in total. The maximum absolute atomic E-state index is 13.3. The number of imidazole rings is 2. The number of carbonyl (C=O) groups is 3. The zero-order valence-corrected chi connectivity index (χ0v) is 30.5. The van der Waals surface area contributed by atoms with Crippen molar-refractivity contribution in [2.75, 3.05) is 6.54 Å². The van der Waals surface area contributed by atoms with Crippen molar-refractivity contribution < 1.29 is 19.1 Å². The van der Waals surface area contributed by atoms with E-state index in [-0.39, 0.29) is 30.4 Å². The molecule has 0 bridgehead atoms. The number of aromatic nitrogens is 4. The molecule has 0 aliphatic carbocycles. The standard InChI is InChI=1S/C40H49N7O4/c1-7-24(4)14-38(49)46(25(5)8-2)21-37-43-33-13-11-27-16-32-30-12-10-28(15-29(30)22-51-35(32)17-31(27)40(33)45-37)34-18-42-36(44-34)20-47(26(6)9-3)39(50)19-41-23-48/h10-13,15-18,23-26H,7-9,14,19-22H2,1-6H3,(H,41,48)(H,42,44)(H,43,45)/t24?,25-,26-/m0/s1. The van der Waals surface area contributed by atoms with E-state index < -0.39 is 0 Å². The fourth-order valence-electron chi connectivity index (χ4n) is 6.71. The summed E-state index contributed by atoms with van der Waals surface area (Å²) in [5.41, 5.74) is 6.86. The normalized spacial score (nSPS) is 13.9. The van der Waals surface area contributed by atoms with E-state index in [0.29, 0.717) is 44.3 Å². The summed E-state index contributed by atoms with van der Waals surface area (Å²) in [7, 11) is 0. The molecule has 5 aromatic rings. The van der Waals surface area contributed by atoms with Gasteiger partial charge in [0, 0.05) is 29.5 Å². The van der Waals surface area contributed by atoms with Crippen LogP contribution < -0.4 is 10.1 Å². The highest BCUT2D eigenvalue weighted by Crippen LogP contribution is 2.42. The second-order valence-corrected chi connectivity index (χ2v) is 13.9. The minimum Gasteiger partial charge on any atom is -0.488 e. The average Bonchev–Trinajstić information content (AvgIpc) is 3.80. The van der Waals surface area contributed by atoms with Crippen molar-refractivity contribution in [3.05, 3.63) is 65.9 Å². The van der Waals surface area contributed by atoms with Gasteiger partial charge < -0.3 is 29.8 Å². The molecule has 1 aliphatic rings. The van der Waals surface area contributed by atoms with Crippen LogP contribution in [0.2, 0.25) is 0 Å². The van der Waals surface area contributed by atoms with Crippen molar-refractivity contribution in [2.45, 2.75) is 99.0 Å². The lowest BCUT2D eigenvalue weighted by Crippen LogP contribution is -2.42. The number of hydrogen-bond acceptors (Lipinski definition) is 6. The van der Waals surface area contributed by atoms with Gasteiger partial charge in [-0.15, -0.1) is 0 Å². The van der Waals surface area contributed by atoms with Gasteiger partial charge in [0.15, 0.2) is 0 Å². The molecule has 3 aromatic carbocycles. The van der Waals surface area contributed by atoms with Crippen molar-refractivity contribution in [2.24, 2.45) is 5.92 Å². The highest BCUT2D eigenvalue weighted by atomic mass is 16.5. The van der Waals surface area contributed by atoms with Crippen molar-refractivity contribution in [1.29, 1.82) is 0 Å². The molecule has 51 heavy (non-hydrogen) atoms. The van der Waals surface area contributed by atoms with E-state index in [1.165, 1.54) is 0 Å². The summed E-state index contributed by atoms with van der Waals surface area (Å²) in [6.45, 7) is 13.6. The summed E-state index contributed by atoms with van der Waals surface area (Å²) in [4.78, 5) is 56.9. The Labute approximate surface area is 299 Å². The van der Waals surface area contributed by atoms with Gasteiger partial charge in [-0.1, -0.05) is 52.3 Å². The highest BCUT2D eigenvalue weighted by Gasteiger charge is 2.25. The number of aromatic amines is 2. The van der Waals surface area contributed by atoms with Crippen LogP contribution in [-0.2, 0) is 34.1 Å². The number of amides is 3. The van der Waals surface area contributed by atoms with Crippen LogP contribution in [0.3, 0.4) is 0 Å². The topological polar surface area (TPSA) is 136 Å². The molecule has 3 atom stereocenters. The summed E-state index contributed by atoms with van der Waals surface area (Å²) < 4.78 is 6.36. The fraction of sp³-hybridized carbons (Fsp3) is 0.425. The van der Waals surface area contributed by atoms with E-state index in [1.807, 2.05) is 24.8 Å². The van der Waals surface area contributed by atoms with E-state index in [9.17, 15) is 14.4 Å². The van der Waals surface area contributed by atoms with Gasteiger partial charge in [-0.2, -0.15) is 0 Å². The van der Waals surface area contributed by atoms with Crippen molar-refractivity contribution in [1.82, 2.24) is 35.1 Å². The molecule has 0 spiro atoms. The van der Waals surface area contributed by atoms with Crippen molar-refractivity contribution >= 4 is 40.0 Å². The van der Waals surface area contributed by atoms with Crippen LogP contribution in [0.5, 0.6) is 5.75 Å². The molecular formula is C40H49N7O4. The Hall–Kier alpha value is -5.19. The maximum atomic E-state index is 13.3. The van der Waals surface area contributed by atoms with Crippen LogP contribution >= 0.6 is 0 Å². The quantitative estimate of drug-likeness (QED) is 0.100. The Morgan fingerprint density at radius 1 is 0.902 bits per heavy atom. The zero-order valence-electron chi connectivity index (χ0n) is 30.5. The third-order valence-electron chi connectivity index (χ3n) is 10.4. The molecule has 1 unspecified atom stereocenters. The van der Waals surface area contributed by atoms with Gasteiger partial charge in [0.2, 0.25) is 18.2 Å². The molecule has 3 heterocycles. The van der Waals surface area contributed by atoms with Crippen LogP contribution in [-0.4, -0.2) is 66.6 Å². The maximum Gasteiger partial charge on any atom is 0.242 e. The largest absolute Gasteiger partial charge is 0.488 e. The summed E-state index contributed by atoms with van der Waals surface area (Å²) in [5, 5.41) is 4.57. The molecule has 2 aromatic heterocycles. The summed E-state index contributed by atoms with van der Waals surface area (Å²) >= 11 is 0. The van der Waals surface area contributed by atoms with Crippen molar-refractivity contribution in [3.8, 4) is 28.1 Å². The van der Waals surface area contributed by atoms with Crippen molar-refractivity contribution in [3.63, 3.8) is 0 Å². The van der Waals surface area contributed by atoms with Crippen LogP contribution in [0, 0.1) is 5.92 Å². The molecule has 0 fully saturated rings. The lowest BCUT2D eigenvalue weighted by Gasteiger charge is -2.29.